The molecule has 0 amide bonds. The molecule has 2 atom stereocenters. The highest BCUT2D eigenvalue weighted by Crippen LogP contribution is 2.50. The van der Waals surface area contributed by atoms with Gasteiger partial charge in [0.15, 0.2) is 11.5 Å². The number of ether oxygens (including phenoxy) is 3. The van der Waals surface area contributed by atoms with E-state index < -0.39 is 0 Å². The average Bonchev–Trinajstić information content (AvgIpc) is 3.27. The lowest BCUT2D eigenvalue weighted by molar-refractivity contribution is 0.202. The molecule has 180 valence electrons. The van der Waals surface area contributed by atoms with Crippen LogP contribution in [0.4, 0.5) is 0 Å². The van der Waals surface area contributed by atoms with Crippen molar-refractivity contribution in [3.63, 3.8) is 0 Å². The van der Waals surface area contributed by atoms with Gasteiger partial charge in [-0.1, -0.05) is 19.4 Å². The largest absolute Gasteiger partial charge is 0.496 e. The van der Waals surface area contributed by atoms with E-state index in [0.29, 0.717) is 30.5 Å². The summed E-state index contributed by atoms with van der Waals surface area (Å²) in [4.78, 5) is 20.1. The zero-order valence-corrected chi connectivity index (χ0v) is 20.5. The normalized spacial score (nSPS) is 19.5. The minimum atomic E-state index is 0.0336. The zero-order chi connectivity index (χ0) is 23.8. The molecule has 0 saturated carbocycles. The van der Waals surface area contributed by atoms with Crippen molar-refractivity contribution in [3.05, 3.63) is 63.2 Å². The van der Waals surface area contributed by atoms with E-state index in [1.54, 1.807) is 24.8 Å². The molecule has 7 nitrogen and oxygen atoms in total. The van der Waals surface area contributed by atoms with Crippen molar-refractivity contribution in [2.45, 2.75) is 39.0 Å². The summed E-state index contributed by atoms with van der Waals surface area (Å²) in [5, 5.41) is 0. The van der Waals surface area contributed by atoms with E-state index in [1.165, 1.54) is 5.56 Å². The van der Waals surface area contributed by atoms with E-state index in [9.17, 15) is 4.79 Å². The van der Waals surface area contributed by atoms with Crippen molar-refractivity contribution >= 4 is 5.65 Å². The Labute approximate surface area is 200 Å². The van der Waals surface area contributed by atoms with Crippen LogP contribution in [0.2, 0.25) is 0 Å². The fourth-order valence-corrected chi connectivity index (χ4v) is 5.63. The Balaban J connectivity index is 1.38. The third-order valence-electron chi connectivity index (χ3n) is 7.32. The Bertz CT molecular complexity index is 1270. The summed E-state index contributed by atoms with van der Waals surface area (Å²) in [6.45, 7) is 7.48. The summed E-state index contributed by atoms with van der Waals surface area (Å²) < 4.78 is 19.5. The van der Waals surface area contributed by atoms with Gasteiger partial charge in [-0.25, -0.2) is 4.98 Å². The minimum absolute atomic E-state index is 0.0336. The van der Waals surface area contributed by atoms with Gasteiger partial charge in [0.1, 0.15) is 11.4 Å². The predicted molar refractivity (Wildman–Crippen MR) is 132 cm³/mol. The molecular formula is C27H33N3O4. The predicted octanol–water partition coefficient (Wildman–Crippen LogP) is 3.62. The number of pyridine rings is 1. The molecule has 0 radical (unpaired) electrons. The lowest BCUT2D eigenvalue weighted by Gasteiger charge is -2.30. The SMILES string of the molecule is CCCc1c(OC)cc2c(c1OC)OCC1CN(CCc3c(C)nc4ccccn4c3=O)CC21. The lowest BCUT2D eigenvalue weighted by Crippen LogP contribution is -2.28. The molecular weight excluding hydrogens is 430 g/mol. The summed E-state index contributed by atoms with van der Waals surface area (Å²) in [5.74, 6) is 3.35. The first-order valence-electron chi connectivity index (χ1n) is 12.1. The Morgan fingerprint density at radius 1 is 1.15 bits per heavy atom. The quantitative estimate of drug-likeness (QED) is 0.533. The summed E-state index contributed by atoms with van der Waals surface area (Å²) in [7, 11) is 3.43. The van der Waals surface area contributed by atoms with Crippen molar-refractivity contribution in [1.82, 2.24) is 14.3 Å². The number of hydrogen-bond acceptors (Lipinski definition) is 6. The molecule has 7 heteroatoms. The molecule has 2 aromatic heterocycles. The lowest BCUT2D eigenvalue weighted by atomic mass is 9.85. The summed E-state index contributed by atoms with van der Waals surface area (Å²) in [5.41, 5.74) is 4.60. The van der Waals surface area contributed by atoms with Crippen molar-refractivity contribution < 1.29 is 14.2 Å². The second-order valence-corrected chi connectivity index (χ2v) is 9.36. The third-order valence-corrected chi connectivity index (χ3v) is 7.32. The fraction of sp³-hybridized carbons (Fsp3) is 0.481. The Morgan fingerprint density at radius 2 is 2.00 bits per heavy atom. The molecule has 34 heavy (non-hydrogen) atoms. The number of hydrogen-bond donors (Lipinski definition) is 0. The van der Waals surface area contributed by atoms with Gasteiger partial charge in [0, 0.05) is 60.1 Å². The Hall–Kier alpha value is -3.06. The summed E-state index contributed by atoms with van der Waals surface area (Å²) >= 11 is 0. The topological polar surface area (TPSA) is 65.3 Å². The third kappa shape index (κ3) is 3.82. The van der Waals surface area contributed by atoms with Crippen LogP contribution in [0.25, 0.3) is 5.65 Å². The number of rotatable bonds is 7. The number of benzene rings is 1. The second-order valence-electron chi connectivity index (χ2n) is 9.36. The molecule has 3 aromatic rings. The van der Waals surface area contributed by atoms with Crippen LogP contribution in [-0.2, 0) is 12.8 Å². The van der Waals surface area contributed by atoms with Crippen LogP contribution in [0.15, 0.2) is 35.3 Å². The number of aryl methyl sites for hydroxylation is 1. The van der Waals surface area contributed by atoms with Gasteiger partial charge in [-0.05, 0) is 38.0 Å². The smallest absolute Gasteiger partial charge is 0.261 e. The second kappa shape index (κ2) is 9.29. The molecule has 1 fully saturated rings. The van der Waals surface area contributed by atoms with Crippen molar-refractivity contribution in [3.8, 4) is 17.2 Å². The molecule has 2 aliphatic rings. The van der Waals surface area contributed by atoms with Gasteiger partial charge in [-0.15, -0.1) is 0 Å². The van der Waals surface area contributed by atoms with Crippen LogP contribution >= 0.6 is 0 Å². The van der Waals surface area contributed by atoms with Crippen LogP contribution in [0.3, 0.4) is 0 Å². The maximum absolute atomic E-state index is 13.1. The van der Waals surface area contributed by atoms with Crippen molar-refractivity contribution in [2.75, 3.05) is 40.5 Å². The van der Waals surface area contributed by atoms with E-state index in [4.69, 9.17) is 14.2 Å². The minimum Gasteiger partial charge on any atom is -0.496 e. The average molecular weight is 464 g/mol. The van der Waals surface area contributed by atoms with Crippen molar-refractivity contribution in [1.29, 1.82) is 0 Å². The van der Waals surface area contributed by atoms with Crippen LogP contribution in [0.5, 0.6) is 17.2 Å². The highest BCUT2D eigenvalue weighted by Gasteiger charge is 2.41. The molecule has 0 bridgehead atoms. The first kappa shape index (κ1) is 22.7. The van der Waals surface area contributed by atoms with Crippen LogP contribution in [0.1, 0.15) is 41.6 Å². The van der Waals surface area contributed by atoms with E-state index in [0.717, 1.165) is 66.5 Å². The molecule has 2 aliphatic heterocycles. The van der Waals surface area contributed by atoms with E-state index in [1.807, 2.05) is 25.1 Å². The number of fused-ring (bicyclic) bond motifs is 4. The first-order valence-corrected chi connectivity index (χ1v) is 12.1. The molecule has 0 N–H and O–H groups in total. The van der Waals surface area contributed by atoms with E-state index in [-0.39, 0.29) is 5.56 Å². The van der Waals surface area contributed by atoms with E-state index in [2.05, 4.69) is 22.9 Å². The van der Waals surface area contributed by atoms with Gasteiger partial charge in [0.2, 0.25) is 0 Å². The van der Waals surface area contributed by atoms with E-state index >= 15 is 0 Å². The maximum Gasteiger partial charge on any atom is 0.261 e. The highest BCUT2D eigenvalue weighted by atomic mass is 16.5. The number of nitrogens with zero attached hydrogens (tertiary/aromatic N) is 3. The standard InChI is InChI=1S/C27H33N3O4/c1-5-8-20-23(32-3)13-21-22-15-29(14-18(22)16-34-26(21)25(20)33-4)12-10-19-17(2)28-24-9-6-7-11-30(24)27(19)31/h6-7,9,11,13,18,22H,5,8,10,12,14-16H2,1-4H3. The van der Waals surface area contributed by atoms with Gasteiger partial charge >= 0.3 is 0 Å². The van der Waals surface area contributed by atoms with Crippen LogP contribution in [-0.4, -0.2) is 54.7 Å². The number of aromatic nitrogens is 2. The zero-order valence-electron chi connectivity index (χ0n) is 20.5. The van der Waals surface area contributed by atoms with Crippen molar-refractivity contribution in [2.24, 2.45) is 5.92 Å². The molecule has 5 rings (SSSR count). The van der Waals surface area contributed by atoms with Crippen LogP contribution in [0, 0.1) is 12.8 Å². The highest BCUT2D eigenvalue weighted by molar-refractivity contribution is 5.60. The molecule has 1 saturated heterocycles. The van der Waals surface area contributed by atoms with Gasteiger partial charge < -0.3 is 19.1 Å². The molecule has 2 unspecified atom stereocenters. The number of likely N-dealkylation sites (tertiary alicyclic amines) is 1. The molecule has 1 aromatic carbocycles. The van der Waals surface area contributed by atoms with Gasteiger partial charge in [-0.3, -0.25) is 9.20 Å². The first-order chi connectivity index (χ1) is 16.5. The van der Waals surface area contributed by atoms with Crippen LogP contribution < -0.4 is 19.8 Å². The summed E-state index contributed by atoms with van der Waals surface area (Å²) in [6, 6.07) is 7.80. The van der Waals surface area contributed by atoms with Gasteiger partial charge in [0.05, 0.1) is 20.8 Å². The molecule has 0 spiro atoms. The monoisotopic (exact) mass is 463 g/mol. The van der Waals surface area contributed by atoms with Gasteiger partial charge in [-0.2, -0.15) is 0 Å². The fourth-order valence-electron chi connectivity index (χ4n) is 5.63. The Morgan fingerprint density at radius 3 is 2.76 bits per heavy atom. The molecule has 4 heterocycles. The summed E-state index contributed by atoms with van der Waals surface area (Å²) in [6.07, 6.45) is 4.37. The number of methoxy groups -OCH3 is 2. The Kier molecular flexibility index (Phi) is 6.21. The molecule has 0 aliphatic carbocycles. The maximum atomic E-state index is 13.1. The van der Waals surface area contributed by atoms with Gasteiger partial charge in [0.25, 0.3) is 5.56 Å².